The number of rotatable bonds is 8. The van der Waals surface area contributed by atoms with Gasteiger partial charge in [-0.05, 0) is 23.5 Å². The Morgan fingerprint density at radius 2 is 2.00 bits per heavy atom. The summed E-state index contributed by atoms with van der Waals surface area (Å²) in [5, 5.41) is 3.02. The Kier molecular flexibility index (Phi) is 6.19. The highest BCUT2D eigenvalue weighted by atomic mass is 16.5. The number of nitrogens with zero attached hydrogens (tertiary/aromatic N) is 2. The first-order valence-corrected chi connectivity index (χ1v) is 9.78. The van der Waals surface area contributed by atoms with Gasteiger partial charge in [-0.25, -0.2) is 4.79 Å². The first kappa shape index (κ1) is 20.1. The van der Waals surface area contributed by atoms with Crippen LogP contribution >= 0.6 is 0 Å². The Balaban J connectivity index is 1.93. The predicted octanol–water partition coefficient (Wildman–Crippen LogP) is 3.20. The fraction of sp³-hybridized carbons (Fsp3) is 0.455. The molecule has 3 amide bonds. The van der Waals surface area contributed by atoms with E-state index in [1.165, 1.54) is 5.56 Å². The van der Waals surface area contributed by atoms with E-state index >= 15 is 0 Å². The smallest absolute Gasteiger partial charge is 0.322 e. The Bertz CT molecular complexity index is 783. The standard InChI is InChI=1S/C22H29N3O3/c1-5-11-25-18-14-24(12-6-13-28-4)21(26)19(18)20(23-22(25)27)17-9-7-16(8-10-17)15(2)3/h5,7-10,15,20H,1,6,11-14H2,2-4H3,(H,23,27). The van der Waals surface area contributed by atoms with Gasteiger partial charge in [-0.15, -0.1) is 6.58 Å². The highest BCUT2D eigenvalue weighted by Crippen LogP contribution is 2.36. The van der Waals surface area contributed by atoms with Crippen LogP contribution in [0.3, 0.4) is 0 Å². The summed E-state index contributed by atoms with van der Waals surface area (Å²) in [6.45, 7) is 10.1. The van der Waals surface area contributed by atoms with Crippen molar-refractivity contribution in [1.82, 2.24) is 15.1 Å². The van der Waals surface area contributed by atoms with Crippen LogP contribution < -0.4 is 5.32 Å². The van der Waals surface area contributed by atoms with Crippen LogP contribution in [-0.4, -0.2) is 55.1 Å². The summed E-state index contributed by atoms with van der Waals surface area (Å²) < 4.78 is 5.11. The molecule has 0 radical (unpaired) electrons. The van der Waals surface area contributed by atoms with Crippen molar-refractivity contribution in [2.75, 3.05) is 33.4 Å². The number of hydrogen-bond acceptors (Lipinski definition) is 3. The molecule has 1 unspecified atom stereocenters. The SMILES string of the molecule is C=CCN1C(=O)NC(c2ccc(C(C)C)cc2)C2=C1CN(CCCOC)C2=O. The van der Waals surface area contributed by atoms with E-state index < -0.39 is 6.04 Å². The first-order chi connectivity index (χ1) is 13.5. The lowest BCUT2D eigenvalue weighted by molar-refractivity contribution is -0.125. The van der Waals surface area contributed by atoms with Crippen LogP contribution in [0.1, 0.15) is 43.4 Å². The number of amides is 3. The average Bonchev–Trinajstić information content (AvgIpc) is 3.01. The van der Waals surface area contributed by atoms with Crippen LogP contribution in [-0.2, 0) is 9.53 Å². The topological polar surface area (TPSA) is 61.9 Å². The highest BCUT2D eigenvalue weighted by Gasteiger charge is 2.43. The van der Waals surface area contributed by atoms with Crippen molar-refractivity contribution in [3.63, 3.8) is 0 Å². The van der Waals surface area contributed by atoms with Gasteiger partial charge in [-0.3, -0.25) is 9.69 Å². The number of nitrogens with one attached hydrogen (secondary N) is 1. The van der Waals surface area contributed by atoms with Gasteiger partial charge >= 0.3 is 6.03 Å². The Morgan fingerprint density at radius 3 is 2.61 bits per heavy atom. The number of carbonyl (C=O) groups is 2. The van der Waals surface area contributed by atoms with Crippen molar-refractivity contribution in [3.8, 4) is 0 Å². The lowest BCUT2D eigenvalue weighted by Gasteiger charge is -2.33. The maximum Gasteiger partial charge on any atom is 0.322 e. The minimum Gasteiger partial charge on any atom is -0.385 e. The molecule has 6 heteroatoms. The van der Waals surface area contributed by atoms with E-state index in [-0.39, 0.29) is 11.9 Å². The lowest BCUT2D eigenvalue weighted by Crippen LogP contribution is -2.47. The van der Waals surface area contributed by atoms with Crippen LogP contribution in [0.5, 0.6) is 0 Å². The molecule has 0 aromatic heterocycles. The Labute approximate surface area is 166 Å². The molecule has 3 rings (SSSR count). The van der Waals surface area contributed by atoms with Gasteiger partial charge in [0.1, 0.15) is 0 Å². The number of benzene rings is 1. The van der Waals surface area contributed by atoms with Crippen LogP contribution in [0, 0.1) is 0 Å². The van der Waals surface area contributed by atoms with E-state index in [1.807, 2.05) is 12.1 Å². The fourth-order valence-electron chi connectivity index (χ4n) is 3.77. The van der Waals surface area contributed by atoms with E-state index in [4.69, 9.17) is 4.74 Å². The molecule has 2 heterocycles. The molecule has 2 aliphatic rings. The van der Waals surface area contributed by atoms with Crippen molar-refractivity contribution >= 4 is 11.9 Å². The van der Waals surface area contributed by atoms with Gasteiger partial charge in [0.15, 0.2) is 0 Å². The van der Waals surface area contributed by atoms with Gasteiger partial charge < -0.3 is 15.0 Å². The third kappa shape index (κ3) is 3.83. The molecule has 6 nitrogen and oxygen atoms in total. The van der Waals surface area contributed by atoms with E-state index in [9.17, 15) is 9.59 Å². The third-order valence-corrected chi connectivity index (χ3v) is 5.32. The monoisotopic (exact) mass is 383 g/mol. The largest absolute Gasteiger partial charge is 0.385 e. The first-order valence-electron chi connectivity index (χ1n) is 9.78. The zero-order valence-electron chi connectivity index (χ0n) is 16.9. The molecule has 28 heavy (non-hydrogen) atoms. The molecule has 1 atom stereocenters. The summed E-state index contributed by atoms with van der Waals surface area (Å²) >= 11 is 0. The molecular weight excluding hydrogens is 354 g/mol. The van der Waals surface area contributed by atoms with Gasteiger partial charge in [0.25, 0.3) is 5.91 Å². The normalized spacial score (nSPS) is 19.4. The molecule has 1 aromatic carbocycles. The third-order valence-electron chi connectivity index (χ3n) is 5.32. The minimum atomic E-state index is -0.426. The number of hydrogen-bond donors (Lipinski definition) is 1. The van der Waals surface area contributed by atoms with E-state index in [0.29, 0.717) is 37.7 Å². The van der Waals surface area contributed by atoms with E-state index in [1.54, 1.807) is 23.0 Å². The van der Waals surface area contributed by atoms with Crippen molar-refractivity contribution in [2.24, 2.45) is 0 Å². The molecule has 0 bridgehead atoms. The van der Waals surface area contributed by atoms with Gasteiger partial charge in [0.05, 0.1) is 23.9 Å². The second-order valence-corrected chi connectivity index (χ2v) is 7.54. The molecular formula is C22H29N3O3. The summed E-state index contributed by atoms with van der Waals surface area (Å²) in [5.41, 5.74) is 3.60. The van der Waals surface area contributed by atoms with Crippen molar-refractivity contribution in [2.45, 2.75) is 32.2 Å². The van der Waals surface area contributed by atoms with E-state index in [2.05, 4.69) is 37.9 Å². The highest BCUT2D eigenvalue weighted by molar-refractivity contribution is 6.01. The molecule has 0 saturated carbocycles. The summed E-state index contributed by atoms with van der Waals surface area (Å²) in [4.78, 5) is 29.3. The quantitative estimate of drug-likeness (QED) is 0.554. The van der Waals surface area contributed by atoms with Crippen molar-refractivity contribution < 1.29 is 14.3 Å². The number of methoxy groups -OCH3 is 1. The molecule has 2 aliphatic heterocycles. The number of ether oxygens (including phenoxy) is 1. The lowest BCUT2D eigenvalue weighted by atomic mass is 9.93. The van der Waals surface area contributed by atoms with Gasteiger partial charge in [-0.1, -0.05) is 44.2 Å². The van der Waals surface area contributed by atoms with Gasteiger partial charge in [0, 0.05) is 26.8 Å². The summed E-state index contributed by atoms with van der Waals surface area (Å²) in [5.74, 6) is 0.412. The second kappa shape index (κ2) is 8.61. The average molecular weight is 383 g/mol. The molecule has 1 N–H and O–H groups in total. The van der Waals surface area contributed by atoms with Crippen LogP contribution in [0.15, 0.2) is 48.2 Å². The molecule has 0 aliphatic carbocycles. The van der Waals surface area contributed by atoms with Crippen LogP contribution in [0.25, 0.3) is 0 Å². The summed E-state index contributed by atoms with van der Waals surface area (Å²) in [6.07, 6.45) is 2.44. The van der Waals surface area contributed by atoms with Crippen LogP contribution in [0.4, 0.5) is 4.79 Å². The maximum absolute atomic E-state index is 13.2. The van der Waals surface area contributed by atoms with Crippen LogP contribution in [0.2, 0.25) is 0 Å². The Hall–Kier alpha value is -2.60. The van der Waals surface area contributed by atoms with Gasteiger partial charge in [-0.2, -0.15) is 0 Å². The second-order valence-electron chi connectivity index (χ2n) is 7.54. The minimum absolute atomic E-state index is 0.0156. The Morgan fingerprint density at radius 1 is 1.29 bits per heavy atom. The van der Waals surface area contributed by atoms with Crippen molar-refractivity contribution in [1.29, 1.82) is 0 Å². The molecule has 0 fully saturated rings. The molecule has 0 spiro atoms. The fourth-order valence-corrected chi connectivity index (χ4v) is 3.77. The maximum atomic E-state index is 13.2. The predicted molar refractivity (Wildman–Crippen MR) is 109 cm³/mol. The van der Waals surface area contributed by atoms with Gasteiger partial charge in [0.2, 0.25) is 0 Å². The summed E-state index contributed by atoms with van der Waals surface area (Å²) in [6, 6.07) is 7.54. The number of urea groups is 1. The van der Waals surface area contributed by atoms with Crippen molar-refractivity contribution in [3.05, 3.63) is 59.3 Å². The zero-order valence-corrected chi connectivity index (χ0v) is 16.9. The zero-order chi connectivity index (χ0) is 20.3. The molecule has 150 valence electrons. The van der Waals surface area contributed by atoms with E-state index in [0.717, 1.165) is 17.7 Å². The molecule has 1 aromatic rings. The molecule has 0 saturated heterocycles. The summed E-state index contributed by atoms with van der Waals surface area (Å²) in [7, 11) is 1.65. The number of carbonyl (C=O) groups excluding carboxylic acids is 2.